The van der Waals surface area contributed by atoms with Crippen LogP contribution in [0.2, 0.25) is 0 Å². The zero-order valence-corrected chi connectivity index (χ0v) is 11.9. The first-order valence-corrected chi connectivity index (χ1v) is 7.10. The Kier molecular flexibility index (Phi) is 3.84. The molecule has 0 bridgehead atoms. The van der Waals surface area contributed by atoms with E-state index in [9.17, 15) is 0 Å². The number of fused-ring (bicyclic) bond motifs is 1. The van der Waals surface area contributed by atoms with E-state index < -0.39 is 0 Å². The van der Waals surface area contributed by atoms with Crippen LogP contribution in [-0.2, 0) is 6.54 Å². The molecule has 0 saturated carbocycles. The van der Waals surface area contributed by atoms with Crippen LogP contribution in [0.15, 0.2) is 6.20 Å². The number of aromatic nitrogens is 2. The van der Waals surface area contributed by atoms with Crippen molar-refractivity contribution in [1.82, 2.24) is 14.7 Å². The fourth-order valence-corrected chi connectivity index (χ4v) is 3.02. The summed E-state index contributed by atoms with van der Waals surface area (Å²) in [5, 5.41) is 3.57. The Hall–Kier alpha value is -0.870. The van der Waals surface area contributed by atoms with Gasteiger partial charge in [0.2, 0.25) is 0 Å². The fourth-order valence-electron chi connectivity index (χ4n) is 2.13. The van der Waals surface area contributed by atoms with Gasteiger partial charge in [-0.25, -0.2) is 4.98 Å². The zero-order valence-electron chi connectivity index (χ0n) is 11.1. The third-order valence-electron chi connectivity index (χ3n) is 3.08. The van der Waals surface area contributed by atoms with E-state index in [4.69, 9.17) is 0 Å². The summed E-state index contributed by atoms with van der Waals surface area (Å²) in [5.41, 5.74) is 2.44. The Labute approximate surface area is 107 Å². The predicted molar refractivity (Wildman–Crippen MR) is 73.8 cm³/mol. The second-order valence-corrected chi connectivity index (χ2v) is 5.92. The SMILES string of the molecule is CCCC(C)NCc1c(C)nc2sc(C)cn12. The van der Waals surface area contributed by atoms with Crippen molar-refractivity contribution in [3.63, 3.8) is 0 Å². The highest BCUT2D eigenvalue weighted by Gasteiger charge is 2.11. The zero-order chi connectivity index (χ0) is 12.4. The number of nitrogens with zero attached hydrogens (tertiary/aromatic N) is 2. The van der Waals surface area contributed by atoms with Crippen molar-refractivity contribution in [3.8, 4) is 0 Å². The standard InChI is InChI=1S/C13H21N3S/c1-5-6-9(2)14-7-12-11(4)15-13-16(12)8-10(3)17-13/h8-9,14H,5-7H2,1-4H3. The van der Waals surface area contributed by atoms with Gasteiger partial charge in [-0.1, -0.05) is 13.3 Å². The van der Waals surface area contributed by atoms with Crippen LogP contribution >= 0.6 is 11.3 Å². The molecule has 0 aromatic carbocycles. The van der Waals surface area contributed by atoms with E-state index in [1.165, 1.54) is 23.4 Å². The van der Waals surface area contributed by atoms with Gasteiger partial charge in [0.05, 0.1) is 11.4 Å². The van der Waals surface area contributed by atoms with Gasteiger partial charge in [-0.05, 0) is 27.2 Å². The minimum Gasteiger partial charge on any atom is -0.309 e. The maximum Gasteiger partial charge on any atom is 0.194 e. The monoisotopic (exact) mass is 251 g/mol. The summed E-state index contributed by atoms with van der Waals surface area (Å²) in [6, 6.07) is 0.574. The van der Waals surface area contributed by atoms with Crippen LogP contribution in [0.3, 0.4) is 0 Å². The van der Waals surface area contributed by atoms with E-state index in [1.54, 1.807) is 11.3 Å². The van der Waals surface area contributed by atoms with Crippen LogP contribution in [0.5, 0.6) is 0 Å². The van der Waals surface area contributed by atoms with Crippen molar-refractivity contribution < 1.29 is 0 Å². The summed E-state index contributed by atoms with van der Waals surface area (Å²) in [6.07, 6.45) is 4.64. The Morgan fingerprint density at radius 2 is 2.24 bits per heavy atom. The Morgan fingerprint density at radius 1 is 1.47 bits per heavy atom. The number of aryl methyl sites for hydroxylation is 2. The molecular formula is C13H21N3S. The molecular weight excluding hydrogens is 230 g/mol. The third-order valence-corrected chi connectivity index (χ3v) is 3.98. The number of hydrogen-bond acceptors (Lipinski definition) is 3. The number of thiazole rings is 1. The molecule has 0 fully saturated rings. The van der Waals surface area contributed by atoms with E-state index in [0.717, 1.165) is 17.2 Å². The molecule has 0 aliphatic rings. The van der Waals surface area contributed by atoms with Crippen LogP contribution in [0, 0.1) is 13.8 Å². The molecule has 0 aliphatic carbocycles. The molecule has 1 atom stereocenters. The Balaban J connectivity index is 2.14. The second-order valence-electron chi connectivity index (χ2n) is 4.71. The van der Waals surface area contributed by atoms with Crippen LogP contribution in [0.25, 0.3) is 4.96 Å². The lowest BCUT2D eigenvalue weighted by Gasteiger charge is -2.12. The molecule has 0 saturated heterocycles. The Morgan fingerprint density at radius 3 is 2.94 bits per heavy atom. The van der Waals surface area contributed by atoms with Gasteiger partial charge in [0.15, 0.2) is 4.96 Å². The molecule has 2 rings (SSSR count). The van der Waals surface area contributed by atoms with Crippen LogP contribution in [-0.4, -0.2) is 15.4 Å². The smallest absolute Gasteiger partial charge is 0.194 e. The van der Waals surface area contributed by atoms with Gasteiger partial charge < -0.3 is 5.32 Å². The van der Waals surface area contributed by atoms with Crippen LogP contribution in [0.1, 0.15) is 43.0 Å². The van der Waals surface area contributed by atoms with Gasteiger partial charge in [-0.3, -0.25) is 4.40 Å². The molecule has 94 valence electrons. The molecule has 1 unspecified atom stereocenters. The minimum absolute atomic E-state index is 0.574. The van der Waals surface area contributed by atoms with Crippen molar-refractivity contribution >= 4 is 16.3 Å². The first-order valence-electron chi connectivity index (χ1n) is 6.29. The van der Waals surface area contributed by atoms with Crippen molar-refractivity contribution in [2.45, 2.75) is 53.1 Å². The number of rotatable bonds is 5. The lowest BCUT2D eigenvalue weighted by atomic mass is 10.2. The fraction of sp³-hybridized carbons (Fsp3) is 0.615. The highest BCUT2D eigenvalue weighted by Crippen LogP contribution is 2.20. The van der Waals surface area contributed by atoms with Gasteiger partial charge in [-0.15, -0.1) is 11.3 Å². The van der Waals surface area contributed by atoms with Gasteiger partial charge in [0.1, 0.15) is 0 Å². The van der Waals surface area contributed by atoms with Gasteiger partial charge in [0.25, 0.3) is 0 Å². The van der Waals surface area contributed by atoms with Gasteiger partial charge in [0, 0.05) is 23.7 Å². The normalized spacial score (nSPS) is 13.4. The highest BCUT2D eigenvalue weighted by atomic mass is 32.1. The average Bonchev–Trinajstić information content (AvgIpc) is 2.71. The van der Waals surface area contributed by atoms with E-state index in [-0.39, 0.29) is 0 Å². The van der Waals surface area contributed by atoms with E-state index in [2.05, 4.69) is 48.6 Å². The van der Waals surface area contributed by atoms with Crippen LogP contribution in [0.4, 0.5) is 0 Å². The minimum atomic E-state index is 0.574. The predicted octanol–water partition coefficient (Wildman–Crippen LogP) is 3.29. The molecule has 2 aromatic heterocycles. The Bertz CT molecular complexity index is 498. The number of imidazole rings is 1. The molecule has 1 N–H and O–H groups in total. The van der Waals surface area contributed by atoms with Crippen molar-refractivity contribution in [2.75, 3.05) is 0 Å². The van der Waals surface area contributed by atoms with Crippen molar-refractivity contribution in [1.29, 1.82) is 0 Å². The topological polar surface area (TPSA) is 29.3 Å². The van der Waals surface area contributed by atoms with Crippen LogP contribution < -0.4 is 5.32 Å². The molecule has 0 amide bonds. The van der Waals surface area contributed by atoms with E-state index >= 15 is 0 Å². The number of hydrogen-bond donors (Lipinski definition) is 1. The number of nitrogens with one attached hydrogen (secondary N) is 1. The van der Waals surface area contributed by atoms with Gasteiger partial charge >= 0.3 is 0 Å². The molecule has 0 radical (unpaired) electrons. The summed E-state index contributed by atoms with van der Waals surface area (Å²) in [5.74, 6) is 0. The molecule has 3 nitrogen and oxygen atoms in total. The van der Waals surface area contributed by atoms with Crippen molar-refractivity contribution in [2.24, 2.45) is 0 Å². The lowest BCUT2D eigenvalue weighted by molar-refractivity contribution is 0.502. The quantitative estimate of drug-likeness (QED) is 0.883. The first kappa shape index (κ1) is 12.6. The summed E-state index contributed by atoms with van der Waals surface area (Å²) in [6.45, 7) is 9.60. The maximum atomic E-state index is 4.60. The molecule has 0 aliphatic heterocycles. The maximum absolute atomic E-state index is 4.60. The molecule has 2 heterocycles. The third kappa shape index (κ3) is 2.69. The summed E-state index contributed by atoms with van der Waals surface area (Å²) < 4.78 is 2.22. The largest absolute Gasteiger partial charge is 0.309 e. The summed E-state index contributed by atoms with van der Waals surface area (Å²) in [7, 11) is 0. The lowest BCUT2D eigenvalue weighted by Crippen LogP contribution is -2.26. The highest BCUT2D eigenvalue weighted by molar-refractivity contribution is 7.17. The van der Waals surface area contributed by atoms with Gasteiger partial charge in [-0.2, -0.15) is 0 Å². The van der Waals surface area contributed by atoms with E-state index in [0.29, 0.717) is 6.04 Å². The first-order chi connectivity index (χ1) is 8.11. The van der Waals surface area contributed by atoms with Crippen molar-refractivity contribution in [3.05, 3.63) is 22.5 Å². The summed E-state index contributed by atoms with van der Waals surface area (Å²) in [4.78, 5) is 7.03. The molecule has 2 aromatic rings. The second kappa shape index (κ2) is 5.19. The molecule has 4 heteroatoms. The summed E-state index contributed by atoms with van der Waals surface area (Å²) >= 11 is 1.76. The molecule has 0 spiro atoms. The van der Waals surface area contributed by atoms with E-state index in [1.807, 2.05) is 0 Å². The molecule has 17 heavy (non-hydrogen) atoms. The average molecular weight is 251 g/mol.